The number of carbonyl (C=O) groups is 2. The summed E-state index contributed by atoms with van der Waals surface area (Å²) in [5.41, 5.74) is 2.85. The second-order valence-corrected chi connectivity index (χ2v) is 6.36. The van der Waals surface area contributed by atoms with Gasteiger partial charge in [-0.3, -0.25) is 9.59 Å². The number of carbonyl (C=O) groups excluding carboxylic acids is 2. The molecule has 0 aromatic heterocycles. The van der Waals surface area contributed by atoms with Gasteiger partial charge in [-0.25, -0.2) is 0 Å². The number of ether oxygens (including phenoxy) is 3. The number of aryl methyl sites for hydroxylation is 2. The molecule has 0 fully saturated rings. The van der Waals surface area contributed by atoms with Crippen LogP contribution in [0.1, 0.15) is 31.4 Å². The van der Waals surface area contributed by atoms with Crippen molar-refractivity contribution in [2.75, 3.05) is 19.5 Å². The Morgan fingerprint density at radius 2 is 1.61 bits per heavy atom. The Balaban J connectivity index is 1.84. The van der Waals surface area contributed by atoms with Gasteiger partial charge in [0.2, 0.25) is 0 Å². The summed E-state index contributed by atoms with van der Waals surface area (Å²) in [5, 5.41) is 2.71. The van der Waals surface area contributed by atoms with Crippen LogP contribution in [-0.2, 0) is 27.2 Å². The molecule has 0 spiro atoms. The van der Waals surface area contributed by atoms with Crippen molar-refractivity contribution < 1.29 is 23.8 Å². The van der Waals surface area contributed by atoms with E-state index >= 15 is 0 Å². The van der Waals surface area contributed by atoms with Gasteiger partial charge in [0.1, 0.15) is 0 Å². The van der Waals surface area contributed by atoms with Crippen molar-refractivity contribution in [3.8, 4) is 11.5 Å². The molecule has 1 amide bonds. The van der Waals surface area contributed by atoms with E-state index in [4.69, 9.17) is 14.2 Å². The molecule has 150 valence electrons. The minimum atomic E-state index is -0.900. The third-order valence-electron chi connectivity index (χ3n) is 4.38. The fourth-order valence-electron chi connectivity index (χ4n) is 2.66. The Morgan fingerprint density at radius 1 is 0.964 bits per heavy atom. The molecule has 0 radical (unpaired) electrons. The molecule has 1 atom stereocenters. The lowest BCUT2D eigenvalue weighted by Gasteiger charge is -2.15. The first-order valence-electron chi connectivity index (χ1n) is 9.27. The molecular formula is C22H27NO5. The minimum absolute atomic E-state index is 0.222. The van der Waals surface area contributed by atoms with Crippen molar-refractivity contribution in [3.05, 3.63) is 53.6 Å². The van der Waals surface area contributed by atoms with Crippen molar-refractivity contribution in [2.24, 2.45) is 0 Å². The lowest BCUT2D eigenvalue weighted by molar-refractivity contribution is -0.153. The third-order valence-corrected chi connectivity index (χ3v) is 4.38. The van der Waals surface area contributed by atoms with Gasteiger partial charge in [-0.15, -0.1) is 0 Å². The predicted octanol–water partition coefficient (Wildman–Crippen LogP) is 3.77. The average molecular weight is 385 g/mol. The Hall–Kier alpha value is -3.02. The number of esters is 1. The van der Waals surface area contributed by atoms with Gasteiger partial charge in [-0.05, 0) is 43.0 Å². The Kier molecular flexibility index (Phi) is 7.87. The van der Waals surface area contributed by atoms with E-state index in [1.807, 2.05) is 12.1 Å². The van der Waals surface area contributed by atoms with E-state index in [0.717, 1.165) is 12.0 Å². The van der Waals surface area contributed by atoms with Crippen LogP contribution in [0.15, 0.2) is 42.5 Å². The first-order chi connectivity index (χ1) is 13.5. The van der Waals surface area contributed by atoms with Crippen LogP contribution in [0.2, 0.25) is 0 Å². The first kappa shape index (κ1) is 21.3. The van der Waals surface area contributed by atoms with Gasteiger partial charge in [-0.1, -0.05) is 31.2 Å². The zero-order valence-corrected chi connectivity index (χ0v) is 16.8. The van der Waals surface area contributed by atoms with Crippen LogP contribution < -0.4 is 14.8 Å². The predicted molar refractivity (Wildman–Crippen MR) is 108 cm³/mol. The normalized spacial score (nSPS) is 11.4. The number of benzene rings is 2. The second-order valence-electron chi connectivity index (χ2n) is 6.36. The van der Waals surface area contributed by atoms with Gasteiger partial charge in [0.05, 0.1) is 14.2 Å². The molecule has 0 aliphatic heterocycles. The van der Waals surface area contributed by atoms with Crippen LogP contribution >= 0.6 is 0 Å². The number of nitrogens with one attached hydrogen (secondary N) is 1. The summed E-state index contributed by atoms with van der Waals surface area (Å²) in [6.07, 6.45) is 0.879. The fraction of sp³-hybridized carbons (Fsp3) is 0.364. The van der Waals surface area contributed by atoms with Crippen LogP contribution in [0, 0.1) is 0 Å². The minimum Gasteiger partial charge on any atom is -0.493 e. The van der Waals surface area contributed by atoms with Crippen molar-refractivity contribution in [2.45, 2.75) is 39.2 Å². The van der Waals surface area contributed by atoms with E-state index in [-0.39, 0.29) is 6.42 Å². The highest BCUT2D eigenvalue weighted by Gasteiger charge is 2.18. The molecule has 0 heterocycles. The smallest absolute Gasteiger partial charge is 0.306 e. The number of hydrogen-bond acceptors (Lipinski definition) is 5. The summed E-state index contributed by atoms with van der Waals surface area (Å²) < 4.78 is 15.6. The highest BCUT2D eigenvalue weighted by Crippen LogP contribution is 2.29. The van der Waals surface area contributed by atoms with Crippen LogP contribution in [0.25, 0.3) is 0 Å². The molecule has 1 N–H and O–H groups in total. The maximum Gasteiger partial charge on any atom is 0.306 e. The third kappa shape index (κ3) is 6.01. The van der Waals surface area contributed by atoms with Gasteiger partial charge in [-0.2, -0.15) is 0 Å². The number of methoxy groups -OCH3 is 2. The average Bonchev–Trinajstić information content (AvgIpc) is 2.72. The van der Waals surface area contributed by atoms with E-state index in [1.165, 1.54) is 19.8 Å². The largest absolute Gasteiger partial charge is 0.493 e. The summed E-state index contributed by atoms with van der Waals surface area (Å²) in [6.45, 7) is 3.64. The van der Waals surface area contributed by atoms with Crippen LogP contribution in [0.5, 0.6) is 11.5 Å². The summed E-state index contributed by atoms with van der Waals surface area (Å²) in [5.74, 6) is 0.244. The van der Waals surface area contributed by atoms with Gasteiger partial charge >= 0.3 is 5.97 Å². The zero-order chi connectivity index (χ0) is 20.5. The van der Waals surface area contributed by atoms with Gasteiger partial charge < -0.3 is 19.5 Å². The molecule has 0 aliphatic rings. The van der Waals surface area contributed by atoms with Gasteiger partial charge in [0, 0.05) is 18.2 Å². The molecule has 28 heavy (non-hydrogen) atoms. The van der Waals surface area contributed by atoms with Crippen LogP contribution in [0.4, 0.5) is 5.69 Å². The van der Waals surface area contributed by atoms with Crippen LogP contribution in [-0.4, -0.2) is 32.2 Å². The molecule has 6 nitrogen and oxygen atoms in total. The van der Waals surface area contributed by atoms with Crippen molar-refractivity contribution >= 4 is 17.6 Å². The highest BCUT2D eigenvalue weighted by molar-refractivity contribution is 5.95. The SMILES string of the molecule is CCc1ccc(CCC(=O)O[C@@H](C)C(=O)Nc2ccc(OC)c(OC)c2)cc1. The maximum atomic E-state index is 12.3. The Bertz CT molecular complexity index is 801. The molecule has 0 saturated heterocycles. The van der Waals surface area contributed by atoms with Crippen LogP contribution in [0.3, 0.4) is 0 Å². The number of amides is 1. The molecule has 6 heteroatoms. The van der Waals surface area contributed by atoms with Crippen molar-refractivity contribution in [3.63, 3.8) is 0 Å². The van der Waals surface area contributed by atoms with Crippen molar-refractivity contribution in [1.29, 1.82) is 0 Å². The summed E-state index contributed by atoms with van der Waals surface area (Å²) in [4.78, 5) is 24.3. The first-order valence-corrected chi connectivity index (χ1v) is 9.27. The standard InChI is InChI=1S/C22H27NO5/c1-5-16-6-8-17(9-7-16)10-13-21(24)28-15(2)22(25)23-18-11-12-19(26-3)20(14-18)27-4/h6-9,11-12,14-15H,5,10,13H2,1-4H3,(H,23,25)/t15-/m0/s1. The Morgan fingerprint density at radius 3 is 2.21 bits per heavy atom. The number of anilines is 1. The van der Waals surface area contributed by atoms with E-state index in [2.05, 4.69) is 24.4 Å². The summed E-state index contributed by atoms with van der Waals surface area (Å²) >= 11 is 0. The number of hydrogen-bond donors (Lipinski definition) is 1. The quantitative estimate of drug-likeness (QED) is 0.665. The monoisotopic (exact) mass is 385 g/mol. The second kappa shape index (κ2) is 10.3. The van der Waals surface area contributed by atoms with Crippen molar-refractivity contribution in [1.82, 2.24) is 0 Å². The molecule has 0 aliphatic carbocycles. The molecular weight excluding hydrogens is 358 g/mol. The molecule has 2 rings (SSSR count). The molecule has 0 saturated carbocycles. The number of rotatable bonds is 9. The van der Waals surface area contributed by atoms with Gasteiger partial charge in [0.25, 0.3) is 5.91 Å². The zero-order valence-electron chi connectivity index (χ0n) is 16.8. The lowest BCUT2D eigenvalue weighted by Crippen LogP contribution is -2.30. The highest BCUT2D eigenvalue weighted by atomic mass is 16.5. The van der Waals surface area contributed by atoms with E-state index in [0.29, 0.717) is 23.6 Å². The van der Waals surface area contributed by atoms with E-state index in [9.17, 15) is 9.59 Å². The van der Waals surface area contributed by atoms with E-state index in [1.54, 1.807) is 25.1 Å². The lowest BCUT2D eigenvalue weighted by atomic mass is 10.1. The topological polar surface area (TPSA) is 73.9 Å². The molecule has 2 aromatic rings. The fourth-order valence-corrected chi connectivity index (χ4v) is 2.66. The molecule has 0 unspecified atom stereocenters. The Labute approximate surface area is 165 Å². The molecule has 0 bridgehead atoms. The molecule has 2 aromatic carbocycles. The summed E-state index contributed by atoms with van der Waals surface area (Å²) in [6, 6.07) is 13.2. The maximum absolute atomic E-state index is 12.3. The van der Waals surface area contributed by atoms with Gasteiger partial charge in [0.15, 0.2) is 17.6 Å². The van der Waals surface area contributed by atoms with E-state index < -0.39 is 18.0 Å². The summed E-state index contributed by atoms with van der Waals surface area (Å²) in [7, 11) is 3.06.